The molecular formula is C11H15N3OS. The van der Waals surface area contributed by atoms with Crippen molar-refractivity contribution in [1.29, 1.82) is 0 Å². The number of hydrogen-bond donors (Lipinski definition) is 2. The number of rotatable bonds is 5. The predicted molar refractivity (Wildman–Crippen MR) is 67.3 cm³/mol. The van der Waals surface area contributed by atoms with Crippen LogP contribution < -0.4 is 11.1 Å². The van der Waals surface area contributed by atoms with E-state index in [9.17, 15) is 4.79 Å². The van der Waals surface area contributed by atoms with Gasteiger partial charge < -0.3 is 11.1 Å². The fourth-order valence-corrected chi connectivity index (χ4v) is 1.43. The van der Waals surface area contributed by atoms with Crippen LogP contribution in [0, 0.1) is 6.92 Å². The number of nitrogens with two attached hydrogens (primary N) is 1. The van der Waals surface area contributed by atoms with Crippen LogP contribution in [0.1, 0.15) is 28.9 Å². The highest BCUT2D eigenvalue weighted by Crippen LogP contribution is 2.02. The lowest BCUT2D eigenvalue weighted by Crippen LogP contribution is -2.26. The molecule has 1 aromatic heterocycles. The van der Waals surface area contributed by atoms with Crippen LogP contribution in [0.25, 0.3) is 0 Å². The molecule has 1 rings (SSSR count). The van der Waals surface area contributed by atoms with Gasteiger partial charge in [-0.05, 0) is 31.9 Å². The summed E-state index contributed by atoms with van der Waals surface area (Å²) in [4.78, 5) is 16.2. The Morgan fingerprint density at radius 1 is 1.62 bits per heavy atom. The van der Waals surface area contributed by atoms with Gasteiger partial charge in [-0.25, -0.2) is 0 Å². The van der Waals surface area contributed by atoms with Crippen LogP contribution >= 0.6 is 12.2 Å². The van der Waals surface area contributed by atoms with Crippen LogP contribution in [0.5, 0.6) is 0 Å². The summed E-state index contributed by atoms with van der Waals surface area (Å²) < 4.78 is 0. The second-order valence-corrected chi connectivity index (χ2v) is 3.99. The maximum atomic E-state index is 11.7. The molecule has 3 N–H and O–H groups in total. The van der Waals surface area contributed by atoms with Crippen LogP contribution in [0.3, 0.4) is 0 Å². The minimum Gasteiger partial charge on any atom is -0.393 e. The number of aromatic nitrogens is 1. The molecule has 1 heterocycles. The number of nitrogens with zero attached hydrogens (tertiary/aromatic N) is 1. The van der Waals surface area contributed by atoms with E-state index in [2.05, 4.69) is 10.3 Å². The summed E-state index contributed by atoms with van der Waals surface area (Å²) in [6, 6.07) is 3.50. The summed E-state index contributed by atoms with van der Waals surface area (Å²) in [5.41, 5.74) is 6.69. The fraction of sp³-hybridized carbons (Fsp3) is 0.364. The molecule has 16 heavy (non-hydrogen) atoms. The number of carbonyl (C=O) groups is 1. The lowest BCUT2D eigenvalue weighted by Gasteiger charge is -2.06. The third kappa shape index (κ3) is 3.94. The monoisotopic (exact) mass is 237 g/mol. The maximum absolute atomic E-state index is 11.7. The van der Waals surface area contributed by atoms with E-state index in [0.717, 1.165) is 12.1 Å². The minimum absolute atomic E-state index is 0.103. The van der Waals surface area contributed by atoms with E-state index < -0.39 is 0 Å². The first-order chi connectivity index (χ1) is 7.61. The molecule has 0 saturated carbocycles. The van der Waals surface area contributed by atoms with Gasteiger partial charge in [0.25, 0.3) is 5.91 Å². The average molecular weight is 237 g/mol. The van der Waals surface area contributed by atoms with Crippen molar-refractivity contribution in [2.24, 2.45) is 5.73 Å². The number of pyridine rings is 1. The van der Waals surface area contributed by atoms with E-state index in [1.54, 1.807) is 18.3 Å². The highest BCUT2D eigenvalue weighted by molar-refractivity contribution is 7.80. The Bertz CT molecular complexity index is 393. The van der Waals surface area contributed by atoms with Crippen molar-refractivity contribution in [1.82, 2.24) is 10.3 Å². The lowest BCUT2D eigenvalue weighted by molar-refractivity contribution is 0.0952. The average Bonchev–Trinajstić information content (AvgIpc) is 2.24. The summed E-state index contributed by atoms with van der Waals surface area (Å²) in [5.74, 6) is -0.103. The Balaban J connectivity index is 2.41. The Labute approximate surface area is 100 Å². The van der Waals surface area contributed by atoms with E-state index in [4.69, 9.17) is 18.0 Å². The third-order valence-corrected chi connectivity index (χ3v) is 2.34. The Hall–Kier alpha value is -1.49. The predicted octanol–water partition coefficient (Wildman–Crippen LogP) is 1.19. The summed E-state index contributed by atoms with van der Waals surface area (Å²) >= 11 is 4.74. The van der Waals surface area contributed by atoms with Gasteiger partial charge in [0.1, 0.15) is 0 Å². The second kappa shape index (κ2) is 6.17. The first-order valence-electron chi connectivity index (χ1n) is 5.09. The molecule has 5 heteroatoms. The zero-order chi connectivity index (χ0) is 12.0. The van der Waals surface area contributed by atoms with Crippen LogP contribution in [-0.2, 0) is 0 Å². The summed E-state index contributed by atoms with van der Waals surface area (Å²) in [7, 11) is 0. The molecule has 4 nitrogen and oxygen atoms in total. The van der Waals surface area contributed by atoms with E-state index in [1.165, 1.54) is 0 Å². The number of carbonyl (C=O) groups excluding carboxylic acids is 1. The molecule has 0 atom stereocenters. The Morgan fingerprint density at radius 2 is 2.38 bits per heavy atom. The molecule has 86 valence electrons. The molecule has 0 saturated heterocycles. The molecule has 0 aromatic carbocycles. The molecule has 0 unspecified atom stereocenters. The van der Waals surface area contributed by atoms with E-state index >= 15 is 0 Å². The normalized spacial score (nSPS) is 9.81. The van der Waals surface area contributed by atoms with Gasteiger partial charge in [0.2, 0.25) is 0 Å². The number of thiocarbonyl (C=S) groups is 1. The smallest absolute Gasteiger partial charge is 0.253 e. The second-order valence-electron chi connectivity index (χ2n) is 3.46. The topological polar surface area (TPSA) is 68.0 Å². The molecule has 0 spiro atoms. The van der Waals surface area contributed by atoms with Gasteiger partial charge in [-0.3, -0.25) is 9.78 Å². The number of nitrogens with one attached hydrogen (secondary N) is 1. The van der Waals surface area contributed by atoms with Crippen LogP contribution in [0.2, 0.25) is 0 Å². The molecule has 0 bridgehead atoms. The van der Waals surface area contributed by atoms with Gasteiger partial charge in [0.15, 0.2) is 0 Å². The van der Waals surface area contributed by atoms with Crippen molar-refractivity contribution in [2.75, 3.05) is 6.54 Å². The molecule has 1 amide bonds. The van der Waals surface area contributed by atoms with E-state index in [1.807, 2.05) is 6.92 Å². The Kier molecular flexibility index (Phi) is 4.85. The number of hydrogen-bond acceptors (Lipinski definition) is 3. The largest absolute Gasteiger partial charge is 0.393 e. The highest BCUT2D eigenvalue weighted by Gasteiger charge is 2.07. The first-order valence-corrected chi connectivity index (χ1v) is 5.50. The standard InChI is InChI=1S/C11H15N3OS/c1-8-9(4-2-6-13-8)11(15)14-7-3-5-10(12)16/h2,4,6H,3,5,7H2,1H3,(H2,12,16)(H,14,15). The first kappa shape index (κ1) is 12.6. The highest BCUT2D eigenvalue weighted by atomic mass is 32.1. The fourth-order valence-electron chi connectivity index (χ4n) is 1.28. The molecule has 0 aliphatic carbocycles. The van der Waals surface area contributed by atoms with Crippen molar-refractivity contribution in [3.63, 3.8) is 0 Å². The number of amides is 1. The molecule has 0 aliphatic rings. The van der Waals surface area contributed by atoms with Gasteiger partial charge in [-0.2, -0.15) is 0 Å². The maximum Gasteiger partial charge on any atom is 0.253 e. The van der Waals surface area contributed by atoms with E-state index in [0.29, 0.717) is 23.5 Å². The van der Waals surface area contributed by atoms with E-state index in [-0.39, 0.29) is 5.91 Å². The minimum atomic E-state index is -0.103. The molecule has 1 aromatic rings. The van der Waals surface area contributed by atoms with Crippen molar-refractivity contribution in [3.05, 3.63) is 29.6 Å². The van der Waals surface area contributed by atoms with Gasteiger partial charge in [-0.1, -0.05) is 12.2 Å². The number of aryl methyl sites for hydroxylation is 1. The summed E-state index contributed by atoms with van der Waals surface area (Å²) in [6.45, 7) is 2.38. The van der Waals surface area contributed by atoms with Crippen molar-refractivity contribution < 1.29 is 4.79 Å². The van der Waals surface area contributed by atoms with Crippen molar-refractivity contribution in [2.45, 2.75) is 19.8 Å². The SMILES string of the molecule is Cc1ncccc1C(=O)NCCCC(N)=S. The summed E-state index contributed by atoms with van der Waals surface area (Å²) in [6.07, 6.45) is 3.08. The van der Waals surface area contributed by atoms with Crippen LogP contribution in [0.15, 0.2) is 18.3 Å². The Morgan fingerprint density at radius 3 is 3.00 bits per heavy atom. The molecular weight excluding hydrogens is 222 g/mol. The molecule has 0 fully saturated rings. The van der Waals surface area contributed by atoms with Crippen molar-refractivity contribution in [3.8, 4) is 0 Å². The van der Waals surface area contributed by atoms with Crippen molar-refractivity contribution >= 4 is 23.1 Å². The van der Waals surface area contributed by atoms with Gasteiger partial charge in [-0.15, -0.1) is 0 Å². The molecule has 0 radical (unpaired) electrons. The van der Waals surface area contributed by atoms with Gasteiger partial charge in [0.05, 0.1) is 10.6 Å². The molecule has 0 aliphatic heterocycles. The third-order valence-electron chi connectivity index (χ3n) is 2.14. The van der Waals surface area contributed by atoms with Crippen LogP contribution in [0.4, 0.5) is 0 Å². The zero-order valence-electron chi connectivity index (χ0n) is 9.19. The van der Waals surface area contributed by atoms with Gasteiger partial charge >= 0.3 is 0 Å². The zero-order valence-corrected chi connectivity index (χ0v) is 10.0. The van der Waals surface area contributed by atoms with Crippen LogP contribution in [-0.4, -0.2) is 22.4 Å². The summed E-state index contributed by atoms with van der Waals surface area (Å²) in [5, 5.41) is 2.80. The lowest BCUT2D eigenvalue weighted by atomic mass is 10.2. The van der Waals surface area contributed by atoms with Gasteiger partial charge in [0, 0.05) is 18.4 Å². The quantitative estimate of drug-likeness (QED) is 0.596.